The molecule has 0 spiro atoms. The lowest BCUT2D eigenvalue weighted by atomic mass is 9.84. The van der Waals surface area contributed by atoms with Gasteiger partial charge >= 0.3 is 11.9 Å². The van der Waals surface area contributed by atoms with Crippen molar-refractivity contribution in [1.29, 1.82) is 0 Å². The van der Waals surface area contributed by atoms with Gasteiger partial charge in [0.1, 0.15) is 0 Å². The first-order chi connectivity index (χ1) is 15.2. The fourth-order valence-electron chi connectivity index (χ4n) is 4.03. The Morgan fingerprint density at radius 3 is 2.31 bits per heavy atom. The van der Waals surface area contributed by atoms with Crippen molar-refractivity contribution in [3.63, 3.8) is 0 Å². The normalized spacial score (nSPS) is 23.6. The zero-order valence-electron chi connectivity index (χ0n) is 17.4. The number of ether oxygens (including phenoxy) is 1. The molecule has 1 unspecified atom stereocenters. The Bertz CT molecular complexity index is 941. The standard InChI is InChI=1S/C17H20ClN3O3.C4H4O4/c1-20-14-7-11(18)6-12(16(14)24-9-15(20)22)17(23)19-13-8-21-4-2-10(13)3-5-21;5-3(6)1-2-4(7)8/h6-7,10,13H,2-5,8-9H2,1H3,(H,19,23);1-2H,(H,5,6)(H,7,8)/b;2-1+. The van der Waals surface area contributed by atoms with E-state index in [1.807, 2.05) is 0 Å². The maximum Gasteiger partial charge on any atom is 0.328 e. The third kappa shape index (κ3) is 5.57. The molecule has 4 aliphatic rings. The first kappa shape index (κ1) is 23.6. The Morgan fingerprint density at radius 2 is 1.78 bits per heavy atom. The summed E-state index contributed by atoms with van der Waals surface area (Å²) in [6.07, 6.45) is 3.38. The summed E-state index contributed by atoms with van der Waals surface area (Å²) in [4.78, 5) is 47.6. The number of carboxylic acid groups (broad SMARTS) is 2. The first-order valence-corrected chi connectivity index (χ1v) is 10.4. The molecule has 2 amide bonds. The predicted octanol–water partition coefficient (Wildman–Crippen LogP) is 1.23. The number of carbonyl (C=O) groups is 4. The summed E-state index contributed by atoms with van der Waals surface area (Å²) in [6, 6.07) is 3.43. The molecule has 5 rings (SSSR count). The molecule has 1 aromatic carbocycles. The topological polar surface area (TPSA) is 136 Å². The van der Waals surface area contributed by atoms with Crippen LogP contribution in [0.15, 0.2) is 24.3 Å². The van der Waals surface area contributed by atoms with E-state index in [1.165, 1.54) is 4.90 Å². The Morgan fingerprint density at radius 1 is 1.16 bits per heavy atom. The number of likely N-dealkylation sites (N-methyl/N-ethyl adjacent to an activating group) is 1. The van der Waals surface area contributed by atoms with E-state index in [0.29, 0.717) is 40.1 Å². The third-order valence-electron chi connectivity index (χ3n) is 5.70. The molecular formula is C21H24ClN3O7. The highest BCUT2D eigenvalue weighted by Crippen LogP contribution is 2.38. The van der Waals surface area contributed by atoms with Crippen LogP contribution in [0.4, 0.5) is 5.69 Å². The molecule has 2 bridgehead atoms. The quantitative estimate of drug-likeness (QED) is 0.565. The van der Waals surface area contributed by atoms with Gasteiger partial charge in [0.15, 0.2) is 12.4 Å². The van der Waals surface area contributed by atoms with Crippen molar-refractivity contribution < 1.29 is 34.1 Å². The van der Waals surface area contributed by atoms with Crippen LogP contribution in [0, 0.1) is 5.92 Å². The number of piperidine rings is 3. The number of aliphatic carboxylic acids is 2. The molecule has 11 heteroatoms. The average Bonchev–Trinajstić information content (AvgIpc) is 2.76. The van der Waals surface area contributed by atoms with Crippen LogP contribution in [0.5, 0.6) is 5.75 Å². The third-order valence-corrected chi connectivity index (χ3v) is 5.91. The Hall–Kier alpha value is -3.11. The number of benzene rings is 1. The molecule has 1 aromatic rings. The highest BCUT2D eigenvalue weighted by atomic mass is 35.5. The van der Waals surface area contributed by atoms with Crippen molar-refractivity contribution in [3.8, 4) is 5.75 Å². The van der Waals surface area contributed by atoms with Crippen LogP contribution in [0.2, 0.25) is 5.02 Å². The number of nitrogens with one attached hydrogen (secondary N) is 1. The highest BCUT2D eigenvalue weighted by Gasteiger charge is 2.36. The Balaban J connectivity index is 0.000000312. The second-order valence-corrected chi connectivity index (χ2v) is 8.21. The number of rotatable bonds is 4. The zero-order valence-corrected chi connectivity index (χ0v) is 18.2. The van der Waals surface area contributed by atoms with Crippen molar-refractivity contribution in [1.82, 2.24) is 10.2 Å². The number of carboxylic acids is 2. The molecule has 3 fully saturated rings. The van der Waals surface area contributed by atoms with Gasteiger partial charge in [0.2, 0.25) is 0 Å². The maximum atomic E-state index is 12.8. The summed E-state index contributed by atoms with van der Waals surface area (Å²) in [5.41, 5.74) is 0.936. The van der Waals surface area contributed by atoms with Crippen molar-refractivity contribution in [2.75, 3.05) is 38.2 Å². The number of halogens is 1. The summed E-state index contributed by atoms with van der Waals surface area (Å²) in [5, 5.41) is 19.2. The van der Waals surface area contributed by atoms with Crippen LogP contribution in [0.1, 0.15) is 23.2 Å². The van der Waals surface area contributed by atoms with Gasteiger partial charge in [-0.1, -0.05) is 11.6 Å². The Labute approximate surface area is 189 Å². The molecule has 4 heterocycles. The van der Waals surface area contributed by atoms with Crippen LogP contribution in [-0.2, 0) is 14.4 Å². The second kappa shape index (κ2) is 10.0. The fourth-order valence-corrected chi connectivity index (χ4v) is 4.24. The molecule has 172 valence electrons. The molecule has 1 atom stereocenters. The van der Waals surface area contributed by atoms with Gasteiger partial charge in [-0.05, 0) is 44.0 Å². The molecule has 0 aliphatic carbocycles. The van der Waals surface area contributed by atoms with Crippen LogP contribution in [0.25, 0.3) is 0 Å². The van der Waals surface area contributed by atoms with Gasteiger partial charge in [0.25, 0.3) is 11.8 Å². The Kier molecular flexibility index (Phi) is 7.37. The lowest BCUT2D eigenvalue weighted by Crippen LogP contribution is -2.57. The van der Waals surface area contributed by atoms with Crippen molar-refractivity contribution in [2.45, 2.75) is 18.9 Å². The number of hydrogen-bond acceptors (Lipinski definition) is 6. The summed E-state index contributed by atoms with van der Waals surface area (Å²) in [6.45, 7) is 3.09. The van der Waals surface area contributed by atoms with Crippen LogP contribution in [-0.4, -0.2) is 78.2 Å². The van der Waals surface area contributed by atoms with E-state index < -0.39 is 11.9 Å². The number of fused-ring (bicyclic) bond motifs is 4. The molecule has 10 nitrogen and oxygen atoms in total. The van der Waals surface area contributed by atoms with Crippen LogP contribution < -0.4 is 15.0 Å². The fraction of sp³-hybridized carbons (Fsp3) is 0.429. The number of hydrogen-bond donors (Lipinski definition) is 3. The van der Waals surface area contributed by atoms with Crippen molar-refractivity contribution in [2.24, 2.45) is 5.92 Å². The molecule has 0 radical (unpaired) electrons. The van der Waals surface area contributed by atoms with Crippen LogP contribution in [0.3, 0.4) is 0 Å². The average molecular weight is 466 g/mol. The van der Waals surface area contributed by atoms with Crippen molar-refractivity contribution in [3.05, 3.63) is 34.9 Å². The lowest BCUT2D eigenvalue weighted by Gasteiger charge is -2.45. The van der Waals surface area contributed by atoms with E-state index in [9.17, 15) is 19.2 Å². The minimum atomic E-state index is -1.26. The van der Waals surface area contributed by atoms with E-state index in [1.54, 1.807) is 19.2 Å². The minimum Gasteiger partial charge on any atom is -0.481 e. The van der Waals surface area contributed by atoms with E-state index in [2.05, 4.69) is 10.2 Å². The second-order valence-electron chi connectivity index (χ2n) is 7.77. The van der Waals surface area contributed by atoms with Gasteiger partial charge in [0.05, 0.1) is 11.3 Å². The molecule has 0 aromatic heterocycles. The molecule has 32 heavy (non-hydrogen) atoms. The maximum absolute atomic E-state index is 12.8. The van der Waals surface area contributed by atoms with E-state index in [0.717, 1.165) is 32.5 Å². The number of nitrogens with zero attached hydrogens (tertiary/aromatic N) is 2. The smallest absolute Gasteiger partial charge is 0.328 e. The van der Waals surface area contributed by atoms with Gasteiger partial charge in [-0.2, -0.15) is 0 Å². The van der Waals surface area contributed by atoms with Gasteiger partial charge in [0, 0.05) is 36.8 Å². The monoisotopic (exact) mass is 465 g/mol. The number of anilines is 1. The van der Waals surface area contributed by atoms with Crippen molar-refractivity contribution >= 4 is 41.0 Å². The molecule has 3 N–H and O–H groups in total. The summed E-state index contributed by atoms with van der Waals surface area (Å²) >= 11 is 6.16. The first-order valence-electron chi connectivity index (χ1n) is 10.1. The number of amides is 2. The number of carbonyl (C=O) groups excluding carboxylic acids is 2. The molecular weight excluding hydrogens is 442 g/mol. The summed E-state index contributed by atoms with van der Waals surface area (Å²) in [7, 11) is 1.66. The lowest BCUT2D eigenvalue weighted by molar-refractivity contribution is -0.134. The van der Waals surface area contributed by atoms with E-state index in [4.69, 9.17) is 26.6 Å². The minimum absolute atomic E-state index is 0.0642. The van der Waals surface area contributed by atoms with Gasteiger partial charge in [-0.3, -0.25) is 9.59 Å². The highest BCUT2D eigenvalue weighted by molar-refractivity contribution is 6.31. The van der Waals surface area contributed by atoms with Gasteiger partial charge in [-0.25, -0.2) is 9.59 Å². The van der Waals surface area contributed by atoms with E-state index in [-0.39, 0.29) is 24.5 Å². The van der Waals surface area contributed by atoms with Crippen LogP contribution >= 0.6 is 11.6 Å². The van der Waals surface area contributed by atoms with Gasteiger partial charge in [-0.15, -0.1) is 0 Å². The zero-order chi connectivity index (χ0) is 23.4. The molecule has 4 aliphatic heterocycles. The summed E-state index contributed by atoms with van der Waals surface area (Å²) < 4.78 is 5.54. The predicted molar refractivity (Wildman–Crippen MR) is 115 cm³/mol. The van der Waals surface area contributed by atoms with Gasteiger partial charge < -0.3 is 30.1 Å². The molecule has 3 saturated heterocycles. The summed E-state index contributed by atoms with van der Waals surface area (Å²) in [5.74, 6) is -1.89. The molecule has 0 saturated carbocycles. The SMILES string of the molecule is CN1C(=O)COc2c(C(=O)NC3CN4CCC3CC4)cc(Cl)cc21.O=C(O)/C=C/C(=O)O. The largest absolute Gasteiger partial charge is 0.481 e. The van der Waals surface area contributed by atoms with E-state index >= 15 is 0 Å².